The summed E-state index contributed by atoms with van der Waals surface area (Å²) in [7, 11) is 1.81. The first-order valence-electron chi connectivity index (χ1n) is 5.77. The smallest absolute Gasteiger partial charge is 0.271 e. The Hall–Kier alpha value is -2.02. The first-order valence-corrected chi connectivity index (χ1v) is 6.14. The lowest BCUT2D eigenvalue weighted by Gasteiger charge is -2.02. The zero-order valence-electron chi connectivity index (χ0n) is 10.7. The van der Waals surface area contributed by atoms with Crippen molar-refractivity contribution in [3.63, 3.8) is 0 Å². The van der Waals surface area contributed by atoms with Gasteiger partial charge in [0.1, 0.15) is 0 Å². The van der Waals surface area contributed by atoms with Crippen molar-refractivity contribution in [2.45, 2.75) is 19.9 Å². The van der Waals surface area contributed by atoms with Gasteiger partial charge in [-0.1, -0.05) is 18.5 Å². The minimum atomic E-state index is -0.651. The van der Waals surface area contributed by atoms with E-state index in [4.69, 9.17) is 23.1 Å². The minimum absolute atomic E-state index is 0.0639. The molecule has 0 aliphatic carbocycles. The zero-order chi connectivity index (χ0) is 14.2. The number of amides is 1. The molecule has 0 bridgehead atoms. The van der Waals surface area contributed by atoms with Crippen molar-refractivity contribution in [1.82, 2.24) is 19.6 Å². The van der Waals surface area contributed by atoms with Crippen molar-refractivity contribution in [2.75, 3.05) is 5.73 Å². The maximum Gasteiger partial charge on any atom is 0.271 e. The molecule has 2 aromatic heterocycles. The van der Waals surface area contributed by atoms with E-state index in [-0.39, 0.29) is 11.4 Å². The molecular weight excluding hydrogens is 268 g/mol. The molecule has 0 aliphatic rings. The summed E-state index contributed by atoms with van der Waals surface area (Å²) >= 11 is 6.24. The van der Waals surface area contributed by atoms with Crippen LogP contribution >= 0.6 is 11.6 Å². The highest BCUT2D eigenvalue weighted by Gasteiger charge is 2.16. The van der Waals surface area contributed by atoms with Crippen molar-refractivity contribution in [1.29, 1.82) is 0 Å². The van der Waals surface area contributed by atoms with Crippen LogP contribution in [0, 0.1) is 0 Å². The highest BCUT2D eigenvalue weighted by molar-refractivity contribution is 6.31. The monoisotopic (exact) mass is 282 g/mol. The Kier molecular flexibility index (Phi) is 3.48. The summed E-state index contributed by atoms with van der Waals surface area (Å²) in [6.07, 6.45) is 2.30. The summed E-state index contributed by atoms with van der Waals surface area (Å²) in [5, 5.41) is 8.96. The number of carbonyl (C=O) groups is 1. The predicted octanol–water partition coefficient (Wildman–Crippen LogP) is 0.562. The number of nitrogen functional groups attached to an aromatic ring is 1. The van der Waals surface area contributed by atoms with Gasteiger partial charge in [0.15, 0.2) is 5.69 Å². The fraction of sp³-hybridized carbons (Fsp3) is 0.364. The van der Waals surface area contributed by atoms with Gasteiger partial charge in [-0.3, -0.25) is 14.2 Å². The van der Waals surface area contributed by atoms with Gasteiger partial charge in [-0.2, -0.15) is 10.2 Å². The predicted molar refractivity (Wildman–Crippen MR) is 71.9 cm³/mol. The van der Waals surface area contributed by atoms with Gasteiger partial charge in [0, 0.05) is 13.2 Å². The number of aromatic nitrogens is 4. The Morgan fingerprint density at radius 2 is 2.16 bits per heavy atom. The summed E-state index contributed by atoms with van der Waals surface area (Å²) in [6.45, 7) is 2.36. The van der Waals surface area contributed by atoms with Crippen molar-refractivity contribution in [3.8, 4) is 0 Å². The molecule has 19 heavy (non-hydrogen) atoms. The van der Waals surface area contributed by atoms with Crippen LogP contribution in [0.1, 0.15) is 28.8 Å². The molecule has 0 aromatic carbocycles. The molecule has 0 fully saturated rings. The largest absolute Gasteiger partial charge is 0.396 e. The number of rotatable bonds is 4. The second kappa shape index (κ2) is 4.93. The molecule has 0 saturated carbocycles. The summed E-state index contributed by atoms with van der Waals surface area (Å²) < 4.78 is 3.22. The molecule has 0 radical (unpaired) electrons. The van der Waals surface area contributed by atoms with Crippen LogP contribution in [0.3, 0.4) is 0 Å². The lowest BCUT2D eigenvalue weighted by molar-refractivity contribution is 0.0995. The van der Waals surface area contributed by atoms with Crippen LogP contribution in [0.25, 0.3) is 0 Å². The van der Waals surface area contributed by atoms with E-state index in [1.165, 1.54) is 4.68 Å². The molecule has 0 spiro atoms. The van der Waals surface area contributed by atoms with E-state index < -0.39 is 5.91 Å². The number of hydrogen-bond acceptors (Lipinski definition) is 4. The van der Waals surface area contributed by atoms with Crippen LogP contribution in [0.2, 0.25) is 5.02 Å². The molecule has 4 N–H and O–H groups in total. The van der Waals surface area contributed by atoms with Crippen molar-refractivity contribution in [2.24, 2.45) is 12.8 Å². The molecule has 0 saturated heterocycles. The molecule has 2 aromatic rings. The van der Waals surface area contributed by atoms with Gasteiger partial charge in [0.05, 0.1) is 28.6 Å². The topological polar surface area (TPSA) is 105 Å². The number of primary amides is 1. The van der Waals surface area contributed by atoms with Crippen LogP contribution in [0.15, 0.2) is 6.20 Å². The fourth-order valence-electron chi connectivity index (χ4n) is 1.85. The van der Waals surface area contributed by atoms with Gasteiger partial charge in [0.2, 0.25) is 0 Å². The van der Waals surface area contributed by atoms with Crippen molar-refractivity contribution < 1.29 is 4.79 Å². The molecule has 0 unspecified atom stereocenters. The maximum absolute atomic E-state index is 11.1. The molecule has 7 nitrogen and oxygen atoms in total. The van der Waals surface area contributed by atoms with Crippen LogP contribution in [0.5, 0.6) is 0 Å². The normalized spacial score (nSPS) is 10.9. The van der Waals surface area contributed by atoms with E-state index in [1.807, 2.05) is 14.0 Å². The second-order valence-corrected chi connectivity index (χ2v) is 4.56. The second-order valence-electron chi connectivity index (χ2n) is 4.18. The summed E-state index contributed by atoms with van der Waals surface area (Å²) in [6, 6.07) is 0. The van der Waals surface area contributed by atoms with Gasteiger partial charge in [-0.25, -0.2) is 0 Å². The Balaban J connectivity index is 2.34. The molecule has 0 atom stereocenters. The lowest BCUT2D eigenvalue weighted by Crippen LogP contribution is -2.14. The number of aryl methyl sites for hydroxylation is 2. The summed E-state index contributed by atoms with van der Waals surface area (Å²) in [4.78, 5) is 11.1. The molecule has 102 valence electrons. The molecule has 1 amide bonds. The Labute approximate surface area is 115 Å². The first-order chi connectivity index (χ1) is 8.93. The number of hydrogen-bond donors (Lipinski definition) is 2. The molecule has 2 heterocycles. The van der Waals surface area contributed by atoms with E-state index in [2.05, 4.69) is 10.2 Å². The van der Waals surface area contributed by atoms with E-state index in [0.29, 0.717) is 11.6 Å². The van der Waals surface area contributed by atoms with Crippen LogP contribution in [-0.4, -0.2) is 25.5 Å². The van der Waals surface area contributed by atoms with Gasteiger partial charge in [-0.15, -0.1) is 0 Å². The van der Waals surface area contributed by atoms with Gasteiger partial charge < -0.3 is 11.5 Å². The number of anilines is 1. The van der Waals surface area contributed by atoms with Gasteiger partial charge >= 0.3 is 0 Å². The standard InChI is InChI=1S/C11H15ClN6O/c1-3-7-9(12)8(17(2)15-7)5-18-4-6(13)10(16-18)11(14)19/h4H,3,5,13H2,1-2H3,(H2,14,19). The minimum Gasteiger partial charge on any atom is -0.396 e. The van der Waals surface area contributed by atoms with Crippen LogP contribution < -0.4 is 11.5 Å². The quantitative estimate of drug-likeness (QED) is 0.855. The van der Waals surface area contributed by atoms with E-state index in [0.717, 1.165) is 17.8 Å². The SMILES string of the molecule is CCc1nn(C)c(Cn2cc(N)c(C(N)=O)n2)c1Cl. The fourth-order valence-corrected chi connectivity index (χ4v) is 2.21. The van der Waals surface area contributed by atoms with Crippen LogP contribution in [0.4, 0.5) is 5.69 Å². The van der Waals surface area contributed by atoms with Crippen LogP contribution in [-0.2, 0) is 20.0 Å². The molecule has 0 aliphatic heterocycles. The number of halogens is 1. The summed E-state index contributed by atoms with van der Waals surface area (Å²) in [5.74, 6) is -0.651. The number of nitrogens with two attached hydrogens (primary N) is 2. The van der Waals surface area contributed by atoms with E-state index in [9.17, 15) is 4.79 Å². The Morgan fingerprint density at radius 1 is 1.47 bits per heavy atom. The Morgan fingerprint density at radius 3 is 2.63 bits per heavy atom. The van der Waals surface area contributed by atoms with Crippen molar-refractivity contribution >= 4 is 23.2 Å². The lowest BCUT2D eigenvalue weighted by atomic mass is 10.3. The maximum atomic E-state index is 11.1. The number of nitrogens with zero attached hydrogens (tertiary/aromatic N) is 4. The molecule has 8 heteroatoms. The van der Waals surface area contributed by atoms with E-state index in [1.54, 1.807) is 10.9 Å². The van der Waals surface area contributed by atoms with Crippen molar-refractivity contribution in [3.05, 3.63) is 28.3 Å². The van der Waals surface area contributed by atoms with Gasteiger partial charge in [0.25, 0.3) is 5.91 Å². The third kappa shape index (κ3) is 2.41. The van der Waals surface area contributed by atoms with E-state index >= 15 is 0 Å². The zero-order valence-corrected chi connectivity index (χ0v) is 11.5. The highest BCUT2D eigenvalue weighted by Crippen LogP contribution is 2.22. The third-order valence-electron chi connectivity index (χ3n) is 2.84. The molecular formula is C11H15ClN6O. The molecule has 2 rings (SSSR count). The van der Waals surface area contributed by atoms with Gasteiger partial charge in [-0.05, 0) is 6.42 Å². The summed E-state index contributed by atoms with van der Waals surface area (Å²) in [5.41, 5.74) is 12.8. The Bertz CT molecular complexity index is 629. The first kappa shape index (κ1) is 13.4. The third-order valence-corrected chi connectivity index (χ3v) is 3.27. The average Bonchev–Trinajstić information content (AvgIpc) is 2.84. The average molecular weight is 283 g/mol. The highest BCUT2D eigenvalue weighted by atomic mass is 35.5. The number of carbonyl (C=O) groups excluding carboxylic acids is 1.